The van der Waals surface area contributed by atoms with Gasteiger partial charge < -0.3 is 0 Å². The second kappa shape index (κ2) is 7.99. The first-order valence-corrected chi connectivity index (χ1v) is 9.02. The van der Waals surface area contributed by atoms with Crippen LogP contribution >= 0.6 is 22.6 Å². The molecule has 3 nitrogen and oxygen atoms in total. The fourth-order valence-electron chi connectivity index (χ4n) is 2.62. The lowest BCUT2D eigenvalue weighted by Crippen LogP contribution is -2.51. The quantitative estimate of drug-likeness (QED) is 0.211. The number of unbranched alkanes of at least 4 members (excludes halogenated alkanes) is 1. The smallest absolute Gasteiger partial charge is 0.274 e. The van der Waals surface area contributed by atoms with Crippen LogP contribution in [0.15, 0.2) is 33.9 Å². The van der Waals surface area contributed by atoms with Gasteiger partial charge in [-0.15, -0.1) is 0 Å². The van der Waals surface area contributed by atoms with Crippen LogP contribution in [0.5, 0.6) is 0 Å². The molecule has 0 bridgehead atoms. The van der Waals surface area contributed by atoms with E-state index in [-0.39, 0.29) is 36.9 Å². The topological polar surface area (TPSA) is 37.4 Å². The summed E-state index contributed by atoms with van der Waals surface area (Å²) in [6, 6.07) is 6.14. The summed E-state index contributed by atoms with van der Waals surface area (Å²) >= 11 is 1.22. The Morgan fingerprint density at radius 1 is 0.893 bits per heavy atom. The van der Waals surface area contributed by atoms with Gasteiger partial charge in [-0.05, 0) is 63.6 Å². The molecule has 1 aliphatic rings. The highest BCUT2D eigenvalue weighted by Crippen LogP contribution is 2.48. The van der Waals surface area contributed by atoms with Crippen LogP contribution < -0.4 is 0 Å². The highest BCUT2D eigenvalue weighted by atomic mass is 127. The molecule has 0 radical (unpaired) electrons. The first-order chi connectivity index (χ1) is 12.8. The normalized spacial score (nSPS) is 16.0. The van der Waals surface area contributed by atoms with E-state index in [0.717, 1.165) is 4.90 Å². The lowest BCUT2D eigenvalue weighted by Gasteiger charge is -2.27. The summed E-state index contributed by atoms with van der Waals surface area (Å²) in [6.45, 7) is -0.0461. The van der Waals surface area contributed by atoms with Gasteiger partial charge in [0.15, 0.2) is 0 Å². The molecule has 0 N–H and O–H groups in total. The molecule has 0 fully saturated rings. The lowest BCUT2D eigenvalue weighted by molar-refractivity contribution is -0.322. The summed E-state index contributed by atoms with van der Waals surface area (Å²) in [5, 5.41) is 0. The summed E-state index contributed by atoms with van der Waals surface area (Å²) in [5.41, 5.74) is -4.96. The number of amides is 2. The second-order valence-corrected chi connectivity index (χ2v) is 7.45. The van der Waals surface area contributed by atoms with E-state index >= 15 is 0 Å². The number of rotatable bonds is 6. The molecule has 0 aromatic heterocycles. The molecule has 11 heteroatoms. The van der Waals surface area contributed by atoms with Crippen LogP contribution in [-0.4, -0.2) is 41.3 Å². The molecule has 0 saturated heterocycles. The number of nitrogens with zero attached hydrogens (tertiary/aromatic N) is 1. The predicted octanol–water partition coefficient (Wildman–Crippen LogP) is 5.60. The van der Waals surface area contributed by atoms with E-state index < -0.39 is 39.5 Å². The SMILES string of the molecule is O=C1c2ccccc2C(=O)N1CCCCC(I)=CC(F)(C(F)(F)F)C(F)(F)F. The zero-order valence-electron chi connectivity index (χ0n) is 14.0. The van der Waals surface area contributed by atoms with Crippen molar-refractivity contribution in [3.63, 3.8) is 0 Å². The van der Waals surface area contributed by atoms with Crippen molar-refractivity contribution in [1.82, 2.24) is 4.90 Å². The number of hydrogen-bond donors (Lipinski definition) is 0. The zero-order chi connectivity index (χ0) is 21.3. The Bertz CT molecular complexity index is 752. The molecule has 28 heavy (non-hydrogen) atoms. The number of imide groups is 1. The van der Waals surface area contributed by atoms with Gasteiger partial charge in [0.05, 0.1) is 11.1 Å². The molecule has 1 aliphatic heterocycles. The van der Waals surface area contributed by atoms with Crippen LogP contribution in [0.25, 0.3) is 0 Å². The van der Waals surface area contributed by atoms with Gasteiger partial charge in [0.2, 0.25) is 0 Å². The maximum atomic E-state index is 13.6. The van der Waals surface area contributed by atoms with Crippen molar-refractivity contribution in [3.8, 4) is 0 Å². The van der Waals surface area contributed by atoms with Gasteiger partial charge in [-0.1, -0.05) is 12.1 Å². The number of carbonyl (C=O) groups excluding carboxylic acids is 2. The van der Waals surface area contributed by atoms with Crippen LogP contribution in [-0.2, 0) is 0 Å². The number of fused-ring (bicyclic) bond motifs is 1. The third-order valence-electron chi connectivity index (χ3n) is 4.11. The highest BCUT2D eigenvalue weighted by Gasteiger charge is 2.71. The fraction of sp³-hybridized carbons (Fsp3) is 0.412. The molecular weight excluding hydrogens is 510 g/mol. The predicted molar refractivity (Wildman–Crippen MR) is 93.7 cm³/mol. The molecule has 2 rings (SSSR count). The summed E-state index contributed by atoms with van der Waals surface area (Å²) in [5.74, 6) is -1.02. The third kappa shape index (κ3) is 4.33. The maximum Gasteiger partial charge on any atom is 0.435 e. The van der Waals surface area contributed by atoms with Crippen LogP contribution in [0.4, 0.5) is 30.7 Å². The zero-order valence-corrected chi connectivity index (χ0v) is 16.2. The fourth-order valence-corrected chi connectivity index (χ4v) is 3.43. The molecule has 154 valence electrons. The minimum atomic E-state index is -6.14. The van der Waals surface area contributed by atoms with Crippen molar-refractivity contribution < 1.29 is 40.3 Å². The van der Waals surface area contributed by atoms with E-state index in [1.807, 2.05) is 0 Å². The molecule has 0 unspecified atom stereocenters. The molecule has 0 spiro atoms. The molecule has 1 aromatic carbocycles. The Morgan fingerprint density at radius 2 is 1.36 bits per heavy atom. The molecule has 1 heterocycles. The van der Waals surface area contributed by atoms with Crippen molar-refractivity contribution >= 4 is 34.4 Å². The molecule has 2 amide bonds. The average Bonchev–Trinajstić information content (AvgIpc) is 2.81. The maximum absolute atomic E-state index is 13.6. The van der Waals surface area contributed by atoms with E-state index in [1.165, 1.54) is 34.7 Å². The van der Waals surface area contributed by atoms with E-state index in [0.29, 0.717) is 0 Å². The van der Waals surface area contributed by atoms with Crippen LogP contribution in [0, 0.1) is 0 Å². The van der Waals surface area contributed by atoms with Crippen molar-refractivity contribution in [3.05, 3.63) is 45.0 Å². The van der Waals surface area contributed by atoms with E-state index in [1.54, 1.807) is 12.1 Å². The van der Waals surface area contributed by atoms with Gasteiger partial charge in [0.25, 0.3) is 11.8 Å². The first-order valence-electron chi connectivity index (χ1n) is 7.94. The number of halogens is 8. The van der Waals surface area contributed by atoms with E-state index in [9.17, 15) is 40.3 Å². The number of carbonyl (C=O) groups is 2. The summed E-state index contributed by atoms with van der Waals surface area (Å²) in [6.07, 6.45) is -12.8. The Hall–Kier alpha value is -1.66. The molecule has 0 saturated carbocycles. The van der Waals surface area contributed by atoms with Crippen LogP contribution in [0.1, 0.15) is 40.0 Å². The van der Waals surface area contributed by atoms with Gasteiger partial charge in [-0.2, -0.15) is 26.3 Å². The third-order valence-corrected chi connectivity index (χ3v) is 4.96. The van der Waals surface area contributed by atoms with Gasteiger partial charge in [0.1, 0.15) is 0 Å². The second-order valence-electron chi connectivity index (χ2n) is 6.06. The molecule has 0 aliphatic carbocycles. The van der Waals surface area contributed by atoms with Gasteiger partial charge in [0, 0.05) is 6.54 Å². The standard InChI is InChI=1S/C17H13F7INO2/c18-15(16(19,20)21,17(22,23)24)9-10(25)5-3-4-8-26-13(27)11-6-1-2-7-12(11)14(26)28/h1-2,6-7,9H,3-5,8H2. The van der Waals surface area contributed by atoms with Gasteiger partial charge >= 0.3 is 18.0 Å². The Balaban J connectivity index is 1.96. The first kappa shape index (κ1) is 22.6. The van der Waals surface area contributed by atoms with Gasteiger partial charge in [-0.25, -0.2) is 4.39 Å². The largest absolute Gasteiger partial charge is 0.435 e. The number of alkyl halides is 7. The Morgan fingerprint density at radius 3 is 1.79 bits per heavy atom. The monoisotopic (exact) mass is 523 g/mol. The van der Waals surface area contributed by atoms with Crippen molar-refractivity contribution in [2.45, 2.75) is 37.3 Å². The van der Waals surface area contributed by atoms with Crippen LogP contribution in [0.2, 0.25) is 0 Å². The lowest BCUT2D eigenvalue weighted by atomic mass is 10.0. The van der Waals surface area contributed by atoms with Crippen molar-refractivity contribution in [1.29, 1.82) is 0 Å². The van der Waals surface area contributed by atoms with Crippen molar-refractivity contribution in [2.24, 2.45) is 0 Å². The van der Waals surface area contributed by atoms with E-state index in [2.05, 4.69) is 0 Å². The molecular formula is C17H13F7INO2. The number of allylic oxidation sites excluding steroid dienone is 2. The molecule has 1 aromatic rings. The average molecular weight is 523 g/mol. The summed E-state index contributed by atoms with van der Waals surface area (Å²) in [7, 11) is 0. The van der Waals surface area contributed by atoms with E-state index in [4.69, 9.17) is 0 Å². The minimum Gasteiger partial charge on any atom is -0.274 e. The summed E-state index contributed by atoms with van der Waals surface area (Å²) in [4.78, 5) is 25.2. The van der Waals surface area contributed by atoms with Gasteiger partial charge in [-0.3, -0.25) is 14.5 Å². The van der Waals surface area contributed by atoms with Crippen molar-refractivity contribution in [2.75, 3.05) is 6.54 Å². The Kier molecular flexibility index (Phi) is 6.46. The molecule has 0 atom stereocenters. The number of benzene rings is 1. The number of hydrogen-bond acceptors (Lipinski definition) is 2. The summed E-state index contributed by atoms with van der Waals surface area (Å²) < 4.78 is 88.4. The minimum absolute atomic E-state index is 0.0461. The Labute approximate surface area is 168 Å². The highest BCUT2D eigenvalue weighted by molar-refractivity contribution is 14.1. The van der Waals surface area contributed by atoms with Crippen LogP contribution in [0.3, 0.4) is 0 Å².